The van der Waals surface area contributed by atoms with E-state index in [0.717, 1.165) is 6.08 Å². The van der Waals surface area contributed by atoms with Gasteiger partial charge in [-0.3, -0.25) is 4.79 Å². The van der Waals surface area contributed by atoms with E-state index in [9.17, 15) is 27.9 Å². The minimum Gasteiger partial charge on any atom is -0.466 e. The predicted octanol–water partition coefficient (Wildman–Crippen LogP) is 1.40. The minimum atomic E-state index is -5.10. The van der Waals surface area contributed by atoms with Gasteiger partial charge in [-0.1, -0.05) is 0 Å². The summed E-state index contributed by atoms with van der Waals surface area (Å²) in [5, 5.41) is 10.2. The van der Waals surface area contributed by atoms with E-state index in [4.69, 9.17) is 9.47 Å². The van der Waals surface area contributed by atoms with Gasteiger partial charge in [0.15, 0.2) is 5.60 Å². The minimum absolute atomic E-state index is 0.0537. The molecule has 0 bridgehead atoms. The molecular weight excluding hydrogens is 359 g/mol. The van der Waals surface area contributed by atoms with Crippen LogP contribution >= 0.6 is 0 Å². The number of nitrogens with zero attached hydrogens (tertiary/aromatic N) is 1. The first-order valence-electron chi connectivity index (χ1n) is 8.27. The average molecular weight is 383 g/mol. The zero-order valence-corrected chi connectivity index (χ0v) is 14.8. The fourth-order valence-corrected chi connectivity index (χ4v) is 2.44. The van der Waals surface area contributed by atoms with Crippen LogP contribution in [-0.2, 0) is 23.8 Å². The Morgan fingerprint density at radius 1 is 1.12 bits per heavy atom. The third-order valence-corrected chi connectivity index (χ3v) is 3.73. The molecule has 1 rings (SSSR count). The van der Waals surface area contributed by atoms with Gasteiger partial charge in [0.2, 0.25) is 0 Å². The van der Waals surface area contributed by atoms with Gasteiger partial charge in [0.05, 0.1) is 32.8 Å². The van der Waals surface area contributed by atoms with Crippen LogP contribution in [0.5, 0.6) is 0 Å². The summed E-state index contributed by atoms with van der Waals surface area (Å²) in [6.45, 7) is 3.99. The molecule has 1 fully saturated rings. The molecule has 10 heteroatoms. The van der Waals surface area contributed by atoms with Crippen molar-refractivity contribution < 1.29 is 42.1 Å². The van der Waals surface area contributed by atoms with Gasteiger partial charge >= 0.3 is 18.1 Å². The molecule has 1 unspecified atom stereocenters. The van der Waals surface area contributed by atoms with Crippen molar-refractivity contribution in [2.45, 2.75) is 38.5 Å². The van der Waals surface area contributed by atoms with E-state index < -0.39 is 36.6 Å². The molecule has 0 amide bonds. The Labute approximate surface area is 149 Å². The molecule has 0 aromatic carbocycles. The van der Waals surface area contributed by atoms with Crippen molar-refractivity contribution in [3.05, 3.63) is 11.8 Å². The molecule has 0 aromatic rings. The summed E-state index contributed by atoms with van der Waals surface area (Å²) in [7, 11) is 0. The molecule has 0 spiro atoms. The second kappa shape index (κ2) is 9.77. The standard InChI is InChI=1S/C16H24F3NO6/c1-3-25-13(21)9-12(20-5-7-24-8-6-20)10-15(23,16(17,18)19)11-14(22)26-4-2/h9,23H,3-8,10-11H2,1-2H3/b12-9-. The molecule has 1 atom stereocenters. The highest BCUT2D eigenvalue weighted by Gasteiger charge is 2.55. The zero-order valence-electron chi connectivity index (χ0n) is 14.8. The third kappa shape index (κ3) is 6.49. The largest absolute Gasteiger partial charge is 0.466 e. The lowest BCUT2D eigenvalue weighted by Gasteiger charge is -2.36. The zero-order chi connectivity index (χ0) is 19.8. The lowest BCUT2D eigenvalue weighted by atomic mass is 9.92. The van der Waals surface area contributed by atoms with Crippen molar-refractivity contribution in [3.63, 3.8) is 0 Å². The smallest absolute Gasteiger partial charge is 0.418 e. The maximum absolute atomic E-state index is 13.5. The van der Waals surface area contributed by atoms with Gasteiger partial charge in [0.25, 0.3) is 0 Å². The molecule has 1 saturated heterocycles. The third-order valence-electron chi connectivity index (χ3n) is 3.73. The number of rotatable bonds is 8. The fraction of sp³-hybridized carbons (Fsp3) is 0.750. The molecule has 26 heavy (non-hydrogen) atoms. The highest BCUT2D eigenvalue weighted by Crippen LogP contribution is 2.39. The Morgan fingerprint density at radius 2 is 1.69 bits per heavy atom. The number of esters is 2. The van der Waals surface area contributed by atoms with E-state index in [1.807, 2.05) is 0 Å². The number of carbonyl (C=O) groups excluding carboxylic acids is 2. The first kappa shape index (κ1) is 22.2. The van der Waals surface area contributed by atoms with Crippen LogP contribution < -0.4 is 0 Å². The molecular formula is C16H24F3NO6. The summed E-state index contributed by atoms with van der Waals surface area (Å²) in [5.41, 5.74) is -3.44. The molecule has 150 valence electrons. The van der Waals surface area contributed by atoms with Gasteiger partial charge in [0.1, 0.15) is 0 Å². The lowest BCUT2D eigenvalue weighted by Crippen LogP contribution is -2.49. The Balaban J connectivity index is 3.12. The number of aliphatic hydroxyl groups is 1. The number of hydrogen-bond donors (Lipinski definition) is 1. The van der Waals surface area contributed by atoms with E-state index in [0.29, 0.717) is 0 Å². The van der Waals surface area contributed by atoms with Gasteiger partial charge in [-0.15, -0.1) is 0 Å². The highest BCUT2D eigenvalue weighted by molar-refractivity contribution is 5.82. The SMILES string of the molecule is CCOC(=O)/C=C(/CC(O)(CC(=O)OCC)C(F)(F)F)N1CCOCC1. The highest BCUT2D eigenvalue weighted by atomic mass is 19.4. The van der Waals surface area contributed by atoms with Crippen LogP contribution in [0.15, 0.2) is 11.8 Å². The topological polar surface area (TPSA) is 85.3 Å². The number of carbonyl (C=O) groups is 2. The van der Waals surface area contributed by atoms with E-state index in [1.165, 1.54) is 11.8 Å². The first-order chi connectivity index (χ1) is 12.1. The molecule has 0 saturated carbocycles. The van der Waals surface area contributed by atoms with Crippen LogP contribution in [0, 0.1) is 0 Å². The average Bonchev–Trinajstić information content (AvgIpc) is 2.54. The van der Waals surface area contributed by atoms with Crippen LogP contribution in [0.3, 0.4) is 0 Å². The molecule has 0 aliphatic carbocycles. The Hall–Kier alpha value is -1.81. The number of morpholine rings is 1. The van der Waals surface area contributed by atoms with Crippen molar-refractivity contribution in [1.29, 1.82) is 0 Å². The van der Waals surface area contributed by atoms with Crippen LogP contribution in [-0.4, -0.2) is 73.2 Å². The van der Waals surface area contributed by atoms with Crippen LogP contribution in [0.1, 0.15) is 26.7 Å². The molecule has 0 aromatic heterocycles. The second-order valence-electron chi connectivity index (χ2n) is 5.68. The van der Waals surface area contributed by atoms with Gasteiger partial charge in [-0.25, -0.2) is 4.79 Å². The summed E-state index contributed by atoms with van der Waals surface area (Å²) in [5.74, 6) is -2.00. The van der Waals surface area contributed by atoms with Crippen LogP contribution in [0.2, 0.25) is 0 Å². The summed E-state index contributed by atoms with van der Waals surface area (Å²) < 4.78 is 54.9. The predicted molar refractivity (Wildman–Crippen MR) is 84.0 cm³/mol. The molecule has 1 aliphatic rings. The van der Waals surface area contributed by atoms with Crippen LogP contribution in [0.4, 0.5) is 13.2 Å². The van der Waals surface area contributed by atoms with Gasteiger partial charge < -0.3 is 24.2 Å². The maximum Gasteiger partial charge on any atom is 0.418 e. The Bertz CT molecular complexity index is 517. The number of ether oxygens (including phenoxy) is 3. The van der Waals surface area contributed by atoms with E-state index in [-0.39, 0.29) is 45.2 Å². The summed E-state index contributed by atoms with van der Waals surface area (Å²) in [4.78, 5) is 24.8. The number of hydrogen-bond acceptors (Lipinski definition) is 7. The molecule has 7 nitrogen and oxygen atoms in total. The summed E-state index contributed by atoms with van der Waals surface area (Å²) >= 11 is 0. The summed E-state index contributed by atoms with van der Waals surface area (Å²) in [6.07, 6.45) is -6.43. The van der Waals surface area contributed by atoms with Crippen LogP contribution in [0.25, 0.3) is 0 Å². The molecule has 0 radical (unpaired) electrons. The fourth-order valence-electron chi connectivity index (χ4n) is 2.44. The Morgan fingerprint density at radius 3 is 2.19 bits per heavy atom. The van der Waals surface area contributed by atoms with Crippen molar-refractivity contribution in [1.82, 2.24) is 4.90 Å². The van der Waals surface area contributed by atoms with Gasteiger partial charge in [-0.05, 0) is 13.8 Å². The number of alkyl halides is 3. The quantitative estimate of drug-likeness (QED) is 0.501. The van der Waals surface area contributed by atoms with Crippen molar-refractivity contribution in [2.75, 3.05) is 39.5 Å². The Kier molecular flexibility index (Phi) is 8.35. The first-order valence-corrected chi connectivity index (χ1v) is 8.27. The second-order valence-corrected chi connectivity index (χ2v) is 5.68. The molecule has 1 heterocycles. The maximum atomic E-state index is 13.5. The van der Waals surface area contributed by atoms with Crippen molar-refractivity contribution in [2.24, 2.45) is 0 Å². The van der Waals surface area contributed by atoms with Crippen molar-refractivity contribution >= 4 is 11.9 Å². The van der Waals surface area contributed by atoms with Gasteiger partial charge in [0, 0.05) is 31.3 Å². The van der Waals surface area contributed by atoms with Crippen molar-refractivity contribution in [3.8, 4) is 0 Å². The van der Waals surface area contributed by atoms with Gasteiger partial charge in [-0.2, -0.15) is 13.2 Å². The summed E-state index contributed by atoms with van der Waals surface area (Å²) in [6, 6.07) is 0. The van der Waals surface area contributed by atoms with E-state index in [2.05, 4.69) is 4.74 Å². The molecule has 1 aliphatic heterocycles. The lowest BCUT2D eigenvalue weighted by molar-refractivity contribution is -0.263. The molecule has 1 N–H and O–H groups in total. The monoisotopic (exact) mass is 383 g/mol. The van der Waals surface area contributed by atoms with E-state index >= 15 is 0 Å². The number of halogens is 3. The normalized spacial score (nSPS) is 18.2. The van der Waals surface area contributed by atoms with E-state index in [1.54, 1.807) is 6.92 Å².